The van der Waals surface area contributed by atoms with Gasteiger partial charge in [0.05, 0.1) is 6.04 Å². The first-order valence-electron chi connectivity index (χ1n) is 7.19. The average Bonchev–Trinajstić information content (AvgIpc) is 2.77. The fourth-order valence-corrected chi connectivity index (χ4v) is 3.17. The fourth-order valence-electron chi connectivity index (χ4n) is 3.17. The van der Waals surface area contributed by atoms with Gasteiger partial charge in [-0.05, 0) is 44.1 Å². The van der Waals surface area contributed by atoms with Crippen LogP contribution in [0.15, 0.2) is 0 Å². The third-order valence-corrected chi connectivity index (χ3v) is 4.01. The van der Waals surface area contributed by atoms with Crippen LogP contribution in [0.25, 0.3) is 0 Å². The molecule has 0 aromatic carbocycles. The number of hydrogen-bond acceptors (Lipinski definition) is 2. The van der Waals surface area contributed by atoms with Gasteiger partial charge in [0.15, 0.2) is 0 Å². The standard InChI is InChI=1S/C14H26N2O.ClH/c1-11(2)9-12-6-8-16(10-12)14(17)13-5-3-4-7-15-13;/h11-13,15H,3-10H2,1-2H3;1H. The first-order valence-corrected chi connectivity index (χ1v) is 7.19. The summed E-state index contributed by atoms with van der Waals surface area (Å²) in [6.07, 6.45) is 5.93. The van der Waals surface area contributed by atoms with Gasteiger partial charge < -0.3 is 10.2 Å². The van der Waals surface area contributed by atoms with E-state index >= 15 is 0 Å². The maximum atomic E-state index is 12.3. The van der Waals surface area contributed by atoms with Crippen LogP contribution in [0.3, 0.4) is 0 Å². The Kier molecular flexibility index (Phi) is 6.44. The SMILES string of the molecule is CC(C)CC1CCN(C(=O)C2CCCCN2)C1.Cl. The first kappa shape index (κ1) is 15.8. The number of amides is 1. The molecule has 0 spiro atoms. The number of piperidine rings is 1. The van der Waals surface area contributed by atoms with Gasteiger partial charge >= 0.3 is 0 Å². The van der Waals surface area contributed by atoms with Crippen LogP contribution in [0.5, 0.6) is 0 Å². The average molecular weight is 275 g/mol. The number of hydrogen-bond donors (Lipinski definition) is 1. The van der Waals surface area contributed by atoms with Crippen molar-refractivity contribution in [2.75, 3.05) is 19.6 Å². The Bertz CT molecular complexity index is 265. The van der Waals surface area contributed by atoms with Gasteiger partial charge in [-0.2, -0.15) is 0 Å². The zero-order valence-corrected chi connectivity index (χ0v) is 12.5. The van der Waals surface area contributed by atoms with E-state index in [9.17, 15) is 4.79 Å². The Morgan fingerprint density at radius 1 is 1.33 bits per heavy atom. The molecule has 2 saturated heterocycles. The van der Waals surface area contributed by atoms with Crippen LogP contribution < -0.4 is 5.32 Å². The van der Waals surface area contributed by atoms with Gasteiger partial charge in [0, 0.05) is 13.1 Å². The Hall–Kier alpha value is -0.280. The largest absolute Gasteiger partial charge is 0.341 e. The van der Waals surface area contributed by atoms with Gasteiger partial charge in [0.1, 0.15) is 0 Å². The molecule has 0 aliphatic carbocycles. The molecule has 3 nitrogen and oxygen atoms in total. The predicted octanol–water partition coefficient (Wildman–Crippen LogP) is 2.44. The van der Waals surface area contributed by atoms with E-state index in [0.29, 0.717) is 5.91 Å². The van der Waals surface area contributed by atoms with E-state index < -0.39 is 0 Å². The predicted molar refractivity (Wildman–Crippen MR) is 77.0 cm³/mol. The van der Waals surface area contributed by atoms with Gasteiger partial charge in [-0.3, -0.25) is 4.79 Å². The molecule has 1 amide bonds. The molecule has 0 radical (unpaired) electrons. The Balaban J connectivity index is 0.00000162. The molecule has 1 N–H and O–H groups in total. The van der Waals surface area contributed by atoms with Crippen molar-refractivity contribution in [3.05, 3.63) is 0 Å². The number of carbonyl (C=O) groups excluding carboxylic acids is 1. The lowest BCUT2D eigenvalue weighted by molar-refractivity contribution is -0.133. The minimum atomic E-state index is 0. The van der Waals surface area contributed by atoms with Crippen LogP contribution in [0, 0.1) is 11.8 Å². The molecule has 18 heavy (non-hydrogen) atoms. The van der Waals surface area contributed by atoms with Crippen molar-refractivity contribution >= 4 is 18.3 Å². The fraction of sp³-hybridized carbons (Fsp3) is 0.929. The lowest BCUT2D eigenvalue weighted by Gasteiger charge is -2.27. The van der Waals surface area contributed by atoms with E-state index in [1.165, 1.54) is 25.7 Å². The Morgan fingerprint density at radius 2 is 2.11 bits per heavy atom. The Morgan fingerprint density at radius 3 is 2.72 bits per heavy atom. The Labute approximate surface area is 117 Å². The van der Waals surface area contributed by atoms with Crippen molar-refractivity contribution in [3.8, 4) is 0 Å². The summed E-state index contributed by atoms with van der Waals surface area (Å²) < 4.78 is 0. The van der Waals surface area contributed by atoms with Crippen molar-refractivity contribution in [3.63, 3.8) is 0 Å². The van der Waals surface area contributed by atoms with Gasteiger partial charge in [-0.1, -0.05) is 20.3 Å². The van der Waals surface area contributed by atoms with Crippen molar-refractivity contribution < 1.29 is 4.79 Å². The summed E-state index contributed by atoms with van der Waals surface area (Å²) in [6, 6.07) is 0.113. The first-order chi connectivity index (χ1) is 8.16. The van der Waals surface area contributed by atoms with Crippen molar-refractivity contribution in [2.24, 2.45) is 11.8 Å². The molecule has 0 saturated carbocycles. The van der Waals surface area contributed by atoms with Gasteiger partial charge in [-0.25, -0.2) is 0 Å². The smallest absolute Gasteiger partial charge is 0.239 e. The molecule has 0 bridgehead atoms. The molecular weight excluding hydrogens is 248 g/mol. The third kappa shape index (κ3) is 4.13. The van der Waals surface area contributed by atoms with Crippen LogP contribution >= 0.6 is 12.4 Å². The monoisotopic (exact) mass is 274 g/mol. The topological polar surface area (TPSA) is 32.3 Å². The molecule has 2 heterocycles. The number of likely N-dealkylation sites (tertiary alicyclic amines) is 1. The quantitative estimate of drug-likeness (QED) is 0.857. The van der Waals surface area contributed by atoms with E-state index in [1.54, 1.807) is 0 Å². The summed E-state index contributed by atoms with van der Waals surface area (Å²) in [6.45, 7) is 7.53. The maximum Gasteiger partial charge on any atom is 0.239 e. The second-order valence-electron chi connectivity index (χ2n) is 6.07. The summed E-state index contributed by atoms with van der Waals surface area (Å²) in [5.74, 6) is 1.85. The zero-order chi connectivity index (χ0) is 12.3. The molecule has 0 aromatic heterocycles. The van der Waals surface area contributed by atoms with Crippen molar-refractivity contribution in [1.82, 2.24) is 10.2 Å². The molecule has 0 aromatic rings. The molecule has 2 aliphatic heterocycles. The molecule has 2 unspecified atom stereocenters. The summed E-state index contributed by atoms with van der Waals surface area (Å²) >= 11 is 0. The lowest BCUT2D eigenvalue weighted by atomic mass is 9.97. The number of halogens is 1. The van der Waals surface area contributed by atoms with Gasteiger partial charge in [0.25, 0.3) is 0 Å². The zero-order valence-electron chi connectivity index (χ0n) is 11.7. The van der Waals surface area contributed by atoms with E-state index in [1.807, 2.05) is 0 Å². The van der Waals surface area contributed by atoms with Crippen LogP contribution in [0.1, 0.15) is 46.0 Å². The lowest BCUT2D eigenvalue weighted by Crippen LogP contribution is -2.47. The molecular formula is C14H27ClN2O. The van der Waals surface area contributed by atoms with Crippen LogP contribution in [0.2, 0.25) is 0 Å². The second kappa shape index (κ2) is 7.34. The molecule has 2 rings (SSSR count). The van der Waals surface area contributed by atoms with E-state index in [0.717, 1.165) is 37.9 Å². The highest BCUT2D eigenvalue weighted by molar-refractivity contribution is 5.85. The minimum absolute atomic E-state index is 0. The van der Waals surface area contributed by atoms with Crippen LogP contribution in [0.4, 0.5) is 0 Å². The minimum Gasteiger partial charge on any atom is -0.341 e. The van der Waals surface area contributed by atoms with E-state index in [2.05, 4.69) is 24.1 Å². The molecule has 106 valence electrons. The number of rotatable bonds is 3. The molecule has 2 fully saturated rings. The highest BCUT2D eigenvalue weighted by atomic mass is 35.5. The third-order valence-electron chi connectivity index (χ3n) is 4.01. The summed E-state index contributed by atoms with van der Waals surface area (Å²) in [4.78, 5) is 14.4. The molecule has 2 atom stereocenters. The highest BCUT2D eigenvalue weighted by Crippen LogP contribution is 2.24. The number of nitrogens with zero attached hydrogens (tertiary/aromatic N) is 1. The summed E-state index contributed by atoms with van der Waals surface area (Å²) in [5.41, 5.74) is 0. The normalized spacial score (nSPS) is 28.3. The molecule has 4 heteroatoms. The van der Waals surface area contributed by atoms with Crippen molar-refractivity contribution in [2.45, 2.75) is 52.0 Å². The number of carbonyl (C=O) groups is 1. The van der Waals surface area contributed by atoms with Crippen LogP contribution in [-0.2, 0) is 4.79 Å². The van der Waals surface area contributed by atoms with E-state index in [4.69, 9.17) is 0 Å². The van der Waals surface area contributed by atoms with E-state index in [-0.39, 0.29) is 18.4 Å². The highest BCUT2D eigenvalue weighted by Gasteiger charge is 2.31. The molecule has 2 aliphatic rings. The van der Waals surface area contributed by atoms with Crippen LogP contribution in [-0.4, -0.2) is 36.5 Å². The van der Waals surface area contributed by atoms with Gasteiger partial charge in [-0.15, -0.1) is 12.4 Å². The van der Waals surface area contributed by atoms with Crippen molar-refractivity contribution in [1.29, 1.82) is 0 Å². The summed E-state index contributed by atoms with van der Waals surface area (Å²) in [5, 5.41) is 3.36. The number of nitrogens with one attached hydrogen (secondary N) is 1. The second-order valence-corrected chi connectivity index (χ2v) is 6.07. The summed E-state index contributed by atoms with van der Waals surface area (Å²) in [7, 11) is 0. The van der Waals surface area contributed by atoms with Gasteiger partial charge in [0.2, 0.25) is 5.91 Å². The maximum absolute atomic E-state index is 12.3.